The van der Waals surface area contributed by atoms with Gasteiger partial charge >= 0.3 is 0 Å². The summed E-state index contributed by atoms with van der Waals surface area (Å²) in [7, 11) is 0.152. The normalized spacial score (nSPS) is 11.7. The number of carbonyl (C=O) groups excluding carboxylic acids is 2. The van der Waals surface area contributed by atoms with E-state index in [2.05, 4.69) is 5.32 Å². The van der Waals surface area contributed by atoms with Crippen molar-refractivity contribution in [2.45, 2.75) is 37.8 Å². The Morgan fingerprint density at radius 2 is 1.59 bits per heavy atom. The Hall–Kier alpha value is -4.25. The number of methoxy groups -OCH3 is 3. The molecule has 3 rings (SSSR count). The smallest absolute Gasteiger partial charge is 0.264 e. The standard InChI is InChI=1S/C30H37N3O7S/c1-6-17-31-30(35)22(2)32(20-23-11-10-14-25(18-23)38-3)29(34)21-33(24-12-8-7-9-13-24)41(36,37)26-15-16-27(39-4)28(19-26)40-5/h7-16,18-19,22H,6,17,20-21H2,1-5H3,(H,31,35). The fraction of sp³-hybridized carbons (Fsp3) is 0.333. The van der Waals surface area contributed by atoms with Crippen molar-refractivity contribution in [2.24, 2.45) is 0 Å². The summed E-state index contributed by atoms with van der Waals surface area (Å²) < 4.78 is 44.9. The molecule has 1 N–H and O–H groups in total. The van der Waals surface area contributed by atoms with Crippen LogP contribution in [0.25, 0.3) is 0 Å². The Morgan fingerprint density at radius 3 is 2.22 bits per heavy atom. The number of nitrogens with one attached hydrogen (secondary N) is 1. The Kier molecular flexibility index (Phi) is 11.0. The van der Waals surface area contributed by atoms with Crippen molar-refractivity contribution in [3.8, 4) is 17.2 Å². The van der Waals surface area contributed by atoms with Gasteiger partial charge in [-0.2, -0.15) is 0 Å². The van der Waals surface area contributed by atoms with Crippen LogP contribution in [0, 0.1) is 0 Å². The molecule has 3 aromatic rings. The van der Waals surface area contributed by atoms with E-state index in [0.29, 0.717) is 23.7 Å². The van der Waals surface area contributed by atoms with E-state index in [1.54, 1.807) is 62.6 Å². The molecule has 11 heteroatoms. The predicted octanol–water partition coefficient (Wildman–Crippen LogP) is 3.85. The number of benzene rings is 3. The van der Waals surface area contributed by atoms with Crippen molar-refractivity contribution >= 4 is 27.5 Å². The van der Waals surface area contributed by atoms with E-state index >= 15 is 0 Å². The van der Waals surface area contributed by atoms with Gasteiger partial charge in [-0.05, 0) is 55.3 Å². The highest BCUT2D eigenvalue weighted by Gasteiger charge is 2.33. The number of rotatable bonds is 14. The van der Waals surface area contributed by atoms with Gasteiger partial charge in [0.1, 0.15) is 18.3 Å². The number of ether oxygens (including phenoxy) is 3. The summed E-state index contributed by atoms with van der Waals surface area (Å²) in [4.78, 5) is 28.2. The summed E-state index contributed by atoms with van der Waals surface area (Å²) in [6.45, 7) is 3.53. The van der Waals surface area contributed by atoms with E-state index in [1.807, 2.05) is 13.0 Å². The van der Waals surface area contributed by atoms with E-state index < -0.39 is 28.5 Å². The molecule has 220 valence electrons. The van der Waals surface area contributed by atoms with Gasteiger partial charge in [0.2, 0.25) is 11.8 Å². The minimum absolute atomic E-state index is 0.0653. The first kappa shape index (κ1) is 31.3. The van der Waals surface area contributed by atoms with E-state index in [-0.39, 0.29) is 23.1 Å². The summed E-state index contributed by atoms with van der Waals surface area (Å²) in [5.41, 5.74) is 1.02. The number of para-hydroxylation sites is 1. The minimum atomic E-state index is -4.25. The van der Waals surface area contributed by atoms with Gasteiger partial charge in [-0.3, -0.25) is 13.9 Å². The maximum atomic E-state index is 14.0. The van der Waals surface area contributed by atoms with Crippen LogP contribution in [0.3, 0.4) is 0 Å². The zero-order valence-electron chi connectivity index (χ0n) is 24.0. The summed E-state index contributed by atoms with van der Waals surface area (Å²) in [6.07, 6.45) is 0.730. The third kappa shape index (κ3) is 7.69. The molecule has 0 aromatic heterocycles. The van der Waals surface area contributed by atoms with Crippen molar-refractivity contribution in [3.63, 3.8) is 0 Å². The van der Waals surface area contributed by atoms with Crippen LogP contribution in [0.15, 0.2) is 77.7 Å². The highest BCUT2D eigenvalue weighted by atomic mass is 32.2. The third-order valence-electron chi connectivity index (χ3n) is 6.47. The van der Waals surface area contributed by atoms with Crippen molar-refractivity contribution in [1.29, 1.82) is 0 Å². The number of amides is 2. The molecule has 2 amide bonds. The third-order valence-corrected chi connectivity index (χ3v) is 8.24. The molecule has 0 radical (unpaired) electrons. The number of nitrogens with zero attached hydrogens (tertiary/aromatic N) is 2. The lowest BCUT2D eigenvalue weighted by Gasteiger charge is -2.32. The molecule has 0 aliphatic heterocycles. The lowest BCUT2D eigenvalue weighted by atomic mass is 10.1. The first-order valence-corrected chi connectivity index (χ1v) is 14.6. The fourth-order valence-corrected chi connectivity index (χ4v) is 5.60. The highest BCUT2D eigenvalue weighted by molar-refractivity contribution is 7.92. The molecule has 0 bridgehead atoms. The van der Waals surface area contributed by atoms with Crippen molar-refractivity contribution in [1.82, 2.24) is 10.2 Å². The van der Waals surface area contributed by atoms with E-state index in [0.717, 1.165) is 16.3 Å². The summed E-state index contributed by atoms with van der Waals surface area (Å²) in [5.74, 6) is 0.302. The van der Waals surface area contributed by atoms with E-state index in [9.17, 15) is 18.0 Å². The second kappa shape index (κ2) is 14.4. The average molecular weight is 584 g/mol. The topological polar surface area (TPSA) is 114 Å². The van der Waals surface area contributed by atoms with Crippen LogP contribution in [-0.4, -0.2) is 65.6 Å². The Labute approximate surface area is 241 Å². The second-order valence-corrected chi connectivity index (χ2v) is 11.1. The SMILES string of the molecule is CCCNC(=O)C(C)N(Cc1cccc(OC)c1)C(=O)CN(c1ccccc1)S(=O)(=O)c1ccc(OC)c(OC)c1. The number of sulfonamides is 1. The van der Waals surface area contributed by atoms with Gasteiger partial charge in [0.25, 0.3) is 10.0 Å². The van der Waals surface area contributed by atoms with Gasteiger partial charge < -0.3 is 24.4 Å². The van der Waals surface area contributed by atoms with Crippen molar-refractivity contribution < 1.29 is 32.2 Å². The van der Waals surface area contributed by atoms with Gasteiger partial charge in [-0.15, -0.1) is 0 Å². The molecular weight excluding hydrogens is 546 g/mol. The highest BCUT2D eigenvalue weighted by Crippen LogP contribution is 2.32. The Bertz CT molecular complexity index is 1430. The van der Waals surface area contributed by atoms with Crippen LogP contribution in [0.2, 0.25) is 0 Å². The lowest BCUT2D eigenvalue weighted by Crippen LogP contribution is -2.51. The number of hydrogen-bond donors (Lipinski definition) is 1. The molecule has 1 unspecified atom stereocenters. The molecule has 1 atom stereocenters. The fourth-order valence-electron chi connectivity index (χ4n) is 4.17. The minimum Gasteiger partial charge on any atom is -0.497 e. The van der Waals surface area contributed by atoms with Gasteiger partial charge in [-0.25, -0.2) is 8.42 Å². The molecule has 0 aliphatic carbocycles. The monoisotopic (exact) mass is 583 g/mol. The Morgan fingerprint density at radius 1 is 0.878 bits per heavy atom. The number of anilines is 1. The van der Waals surface area contributed by atoms with Gasteiger partial charge in [0.05, 0.1) is 31.9 Å². The lowest BCUT2D eigenvalue weighted by molar-refractivity contribution is -0.139. The molecule has 0 saturated heterocycles. The van der Waals surface area contributed by atoms with Gasteiger partial charge in [-0.1, -0.05) is 37.3 Å². The maximum absolute atomic E-state index is 14.0. The summed E-state index contributed by atoms with van der Waals surface area (Å²) >= 11 is 0. The van der Waals surface area contributed by atoms with Crippen LogP contribution >= 0.6 is 0 Å². The first-order chi connectivity index (χ1) is 19.7. The van der Waals surface area contributed by atoms with Crippen LogP contribution in [0.1, 0.15) is 25.8 Å². The number of hydrogen-bond acceptors (Lipinski definition) is 7. The van der Waals surface area contributed by atoms with Crippen LogP contribution in [-0.2, 0) is 26.2 Å². The second-order valence-electron chi connectivity index (χ2n) is 9.20. The molecule has 0 fully saturated rings. The van der Waals surface area contributed by atoms with Crippen LogP contribution in [0.5, 0.6) is 17.2 Å². The van der Waals surface area contributed by atoms with E-state index in [4.69, 9.17) is 14.2 Å². The molecule has 41 heavy (non-hydrogen) atoms. The molecule has 0 aliphatic rings. The predicted molar refractivity (Wildman–Crippen MR) is 157 cm³/mol. The molecule has 0 spiro atoms. The Balaban J connectivity index is 2.04. The zero-order chi connectivity index (χ0) is 30.0. The van der Waals surface area contributed by atoms with Crippen molar-refractivity contribution in [3.05, 3.63) is 78.4 Å². The summed E-state index contributed by atoms with van der Waals surface area (Å²) in [5, 5.41) is 2.83. The zero-order valence-corrected chi connectivity index (χ0v) is 24.8. The molecule has 0 saturated carbocycles. The van der Waals surface area contributed by atoms with E-state index in [1.165, 1.54) is 37.3 Å². The number of carbonyl (C=O) groups is 2. The average Bonchev–Trinajstić information content (AvgIpc) is 3.00. The molecule has 0 heterocycles. The van der Waals surface area contributed by atoms with Gasteiger partial charge in [0, 0.05) is 19.2 Å². The molecule has 10 nitrogen and oxygen atoms in total. The van der Waals surface area contributed by atoms with Gasteiger partial charge in [0.15, 0.2) is 11.5 Å². The quantitative estimate of drug-likeness (QED) is 0.307. The molecule has 3 aromatic carbocycles. The summed E-state index contributed by atoms with van der Waals surface area (Å²) in [6, 6.07) is 18.9. The maximum Gasteiger partial charge on any atom is 0.264 e. The van der Waals surface area contributed by atoms with Crippen LogP contribution < -0.4 is 23.8 Å². The first-order valence-electron chi connectivity index (χ1n) is 13.2. The van der Waals surface area contributed by atoms with Crippen molar-refractivity contribution in [2.75, 3.05) is 38.7 Å². The largest absolute Gasteiger partial charge is 0.497 e. The molecular formula is C30H37N3O7S. The van der Waals surface area contributed by atoms with Crippen LogP contribution in [0.4, 0.5) is 5.69 Å².